The van der Waals surface area contributed by atoms with Gasteiger partial charge >= 0.3 is 0 Å². The Morgan fingerprint density at radius 3 is 3.00 bits per heavy atom. The van der Waals surface area contributed by atoms with E-state index in [9.17, 15) is 10.2 Å². The average Bonchev–Trinajstić information content (AvgIpc) is 2.12. The van der Waals surface area contributed by atoms with Gasteiger partial charge in [-0.3, -0.25) is 4.98 Å². The summed E-state index contributed by atoms with van der Waals surface area (Å²) in [5.74, 6) is 0. The van der Waals surface area contributed by atoms with Gasteiger partial charge in [0.25, 0.3) is 0 Å². The van der Waals surface area contributed by atoms with E-state index in [2.05, 4.69) is 4.98 Å². The summed E-state index contributed by atoms with van der Waals surface area (Å²) in [7, 11) is 0. The van der Waals surface area contributed by atoms with Crippen LogP contribution in [-0.2, 0) is 6.42 Å². The van der Waals surface area contributed by atoms with Gasteiger partial charge in [0.05, 0.1) is 6.10 Å². The maximum absolute atomic E-state index is 9.64. The number of fused-ring (bicyclic) bond motifs is 1. The van der Waals surface area contributed by atoms with Gasteiger partial charge in [0.1, 0.15) is 6.10 Å². The smallest absolute Gasteiger partial charge is 0.108 e. The third-order valence-electron chi connectivity index (χ3n) is 2.36. The second-order valence-corrected chi connectivity index (χ2v) is 3.61. The predicted octanol–water partition coefficient (Wildman–Crippen LogP) is 1.08. The van der Waals surface area contributed by atoms with E-state index in [0.717, 1.165) is 5.69 Å². The number of aromatic nitrogens is 1. The molecule has 0 radical (unpaired) electrons. The molecular formula is C9H10ClNO2. The monoisotopic (exact) mass is 199 g/mol. The third kappa shape index (κ3) is 1.43. The first-order valence-electron chi connectivity index (χ1n) is 4.19. The molecule has 1 heterocycles. The van der Waals surface area contributed by atoms with Crippen molar-refractivity contribution in [2.45, 2.75) is 25.0 Å². The predicted molar refractivity (Wildman–Crippen MR) is 48.5 cm³/mol. The van der Waals surface area contributed by atoms with Crippen molar-refractivity contribution in [3.63, 3.8) is 0 Å². The second-order valence-electron chi connectivity index (χ2n) is 3.20. The van der Waals surface area contributed by atoms with Crippen LogP contribution in [0.4, 0.5) is 0 Å². The van der Waals surface area contributed by atoms with Crippen molar-refractivity contribution in [1.29, 1.82) is 0 Å². The number of aryl methyl sites for hydroxylation is 1. The Morgan fingerprint density at radius 1 is 1.46 bits per heavy atom. The zero-order valence-electron chi connectivity index (χ0n) is 6.94. The first-order valence-corrected chi connectivity index (χ1v) is 4.57. The summed E-state index contributed by atoms with van der Waals surface area (Å²) >= 11 is 5.89. The molecule has 13 heavy (non-hydrogen) atoms. The molecule has 0 bridgehead atoms. The summed E-state index contributed by atoms with van der Waals surface area (Å²) in [6.45, 7) is 0. The van der Waals surface area contributed by atoms with E-state index in [0.29, 0.717) is 23.4 Å². The van der Waals surface area contributed by atoms with Crippen molar-refractivity contribution >= 4 is 11.6 Å². The second kappa shape index (κ2) is 3.25. The topological polar surface area (TPSA) is 53.4 Å². The number of halogens is 1. The number of hydrogen-bond acceptors (Lipinski definition) is 3. The Labute approximate surface area is 81.0 Å². The average molecular weight is 200 g/mol. The molecular weight excluding hydrogens is 190 g/mol. The molecule has 0 fully saturated rings. The lowest BCUT2D eigenvalue weighted by molar-refractivity contribution is 0.00584. The largest absolute Gasteiger partial charge is 0.390 e. The van der Waals surface area contributed by atoms with Crippen LogP contribution in [0.1, 0.15) is 23.8 Å². The third-order valence-corrected chi connectivity index (χ3v) is 2.69. The minimum atomic E-state index is -0.884. The van der Waals surface area contributed by atoms with Crippen LogP contribution in [0.3, 0.4) is 0 Å². The summed E-state index contributed by atoms with van der Waals surface area (Å²) in [6, 6.07) is 1.63. The molecule has 1 aromatic rings. The minimum absolute atomic E-state index is 0.483. The first-order chi connectivity index (χ1) is 6.20. The van der Waals surface area contributed by atoms with Crippen LogP contribution in [0.5, 0.6) is 0 Å². The van der Waals surface area contributed by atoms with Crippen LogP contribution < -0.4 is 0 Å². The van der Waals surface area contributed by atoms with Gasteiger partial charge in [-0.1, -0.05) is 11.6 Å². The Hall–Kier alpha value is -0.640. The highest BCUT2D eigenvalue weighted by molar-refractivity contribution is 6.31. The quantitative estimate of drug-likeness (QED) is 0.658. The van der Waals surface area contributed by atoms with E-state index < -0.39 is 12.2 Å². The lowest BCUT2D eigenvalue weighted by atomic mass is 9.91. The van der Waals surface area contributed by atoms with Gasteiger partial charge in [-0.2, -0.15) is 0 Å². The summed E-state index contributed by atoms with van der Waals surface area (Å²) in [4.78, 5) is 4.11. The van der Waals surface area contributed by atoms with Gasteiger partial charge in [-0.15, -0.1) is 0 Å². The molecule has 0 unspecified atom stereocenters. The van der Waals surface area contributed by atoms with E-state index >= 15 is 0 Å². The molecule has 2 atom stereocenters. The first kappa shape index (κ1) is 8.94. The normalized spacial score (nSPS) is 27.0. The fraction of sp³-hybridized carbons (Fsp3) is 0.444. The van der Waals surface area contributed by atoms with Crippen LogP contribution in [-0.4, -0.2) is 21.3 Å². The Balaban J connectivity index is 2.51. The van der Waals surface area contributed by atoms with E-state index in [1.165, 1.54) is 0 Å². The van der Waals surface area contributed by atoms with Crippen molar-refractivity contribution in [3.05, 3.63) is 28.5 Å². The maximum Gasteiger partial charge on any atom is 0.108 e. The molecule has 1 aromatic heterocycles. The van der Waals surface area contributed by atoms with Gasteiger partial charge < -0.3 is 10.2 Å². The molecule has 70 valence electrons. The molecule has 0 aromatic carbocycles. The van der Waals surface area contributed by atoms with E-state index in [1.54, 1.807) is 12.3 Å². The molecule has 2 N–H and O–H groups in total. The van der Waals surface area contributed by atoms with Crippen molar-refractivity contribution in [2.24, 2.45) is 0 Å². The Kier molecular flexibility index (Phi) is 2.24. The lowest BCUT2D eigenvalue weighted by Gasteiger charge is -2.26. The number of nitrogens with zero attached hydrogens (tertiary/aromatic N) is 1. The molecule has 4 heteroatoms. The summed E-state index contributed by atoms with van der Waals surface area (Å²) < 4.78 is 0. The van der Waals surface area contributed by atoms with Crippen molar-refractivity contribution in [2.75, 3.05) is 0 Å². The van der Waals surface area contributed by atoms with Crippen molar-refractivity contribution in [1.82, 2.24) is 4.98 Å². The molecule has 0 amide bonds. The highest BCUT2D eigenvalue weighted by atomic mass is 35.5. The fourth-order valence-corrected chi connectivity index (χ4v) is 1.91. The number of aliphatic hydroxyl groups excluding tert-OH is 2. The zero-order valence-corrected chi connectivity index (χ0v) is 7.70. The molecule has 0 spiro atoms. The molecule has 0 saturated heterocycles. The van der Waals surface area contributed by atoms with Gasteiger partial charge in [-0.25, -0.2) is 0 Å². The van der Waals surface area contributed by atoms with E-state index in [1.807, 2.05) is 0 Å². The molecule has 2 rings (SSSR count). The Morgan fingerprint density at radius 2 is 2.23 bits per heavy atom. The highest BCUT2D eigenvalue weighted by Crippen LogP contribution is 2.33. The molecule has 1 aliphatic rings. The molecule has 3 nitrogen and oxygen atoms in total. The van der Waals surface area contributed by atoms with Crippen LogP contribution in [0.15, 0.2) is 12.3 Å². The number of rotatable bonds is 0. The number of aliphatic hydroxyl groups is 2. The SMILES string of the molecule is O[C@@H]1c2c(Cl)ccnc2CC[C@@H]1O. The van der Waals surface area contributed by atoms with Crippen LogP contribution in [0.25, 0.3) is 0 Å². The van der Waals surface area contributed by atoms with Crippen molar-refractivity contribution in [3.8, 4) is 0 Å². The lowest BCUT2D eigenvalue weighted by Crippen LogP contribution is -2.25. The van der Waals surface area contributed by atoms with Crippen LogP contribution in [0.2, 0.25) is 5.02 Å². The number of hydrogen-bond donors (Lipinski definition) is 2. The van der Waals surface area contributed by atoms with Crippen LogP contribution in [0, 0.1) is 0 Å². The number of pyridine rings is 1. The molecule has 0 saturated carbocycles. The highest BCUT2D eigenvalue weighted by Gasteiger charge is 2.28. The summed E-state index contributed by atoms with van der Waals surface area (Å²) in [5.41, 5.74) is 1.38. The van der Waals surface area contributed by atoms with Crippen molar-refractivity contribution < 1.29 is 10.2 Å². The summed E-state index contributed by atoms with van der Waals surface area (Å²) in [6.07, 6.45) is 1.24. The van der Waals surface area contributed by atoms with Gasteiger partial charge in [0, 0.05) is 22.5 Å². The molecule has 1 aliphatic carbocycles. The minimum Gasteiger partial charge on any atom is -0.390 e. The van der Waals surface area contributed by atoms with Crippen LogP contribution >= 0.6 is 11.6 Å². The fourth-order valence-electron chi connectivity index (χ4n) is 1.64. The maximum atomic E-state index is 9.64. The molecule has 0 aliphatic heterocycles. The standard InChI is InChI=1S/C9H10ClNO2/c10-5-3-4-11-6-1-2-7(12)9(13)8(5)6/h3-4,7,9,12-13H,1-2H2/t7-,9-/m0/s1. The van der Waals surface area contributed by atoms with Gasteiger partial charge in [0.2, 0.25) is 0 Å². The Bertz CT molecular complexity index is 329. The van der Waals surface area contributed by atoms with E-state index in [4.69, 9.17) is 11.6 Å². The van der Waals surface area contributed by atoms with Gasteiger partial charge in [-0.05, 0) is 18.9 Å². The van der Waals surface area contributed by atoms with Gasteiger partial charge in [0.15, 0.2) is 0 Å². The zero-order chi connectivity index (χ0) is 9.42. The van der Waals surface area contributed by atoms with E-state index in [-0.39, 0.29) is 0 Å². The summed E-state index contributed by atoms with van der Waals surface area (Å²) in [5, 5.41) is 19.5.